The van der Waals surface area contributed by atoms with E-state index in [0.29, 0.717) is 12.1 Å². The van der Waals surface area contributed by atoms with Crippen LogP contribution < -0.4 is 21.3 Å². The topological polar surface area (TPSA) is 99.0 Å². The Morgan fingerprint density at radius 1 is 0.404 bits per heavy atom. The van der Waals surface area contributed by atoms with Crippen LogP contribution in [0.5, 0.6) is 0 Å². The summed E-state index contributed by atoms with van der Waals surface area (Å²) in [5.74, 6) is 2.92. The summed E-state index contributed by atoms with van der Waals surface area (Å²) in [4.78, 5) is 22.3. The third-order valence-electron chi connectivity index (χ3n) is 17.3. The van der Waals surface area contributed by atoms with Crippen molar-refractivity contribution in [2.75, 3.05) is 259 Å². The molecule has 0 radical (unpaired) electrons. The Bertz CT molecular complexity index is 1200. The van der Waals surface area contributed by atoms with E-state index in [9.17, 15) is 0 Å². The molecular formula is C88H208N14O2. The van der Waals surface area contributed by atoms with E-state index < -0.39 is 0 Å². The zero-order chi connectivity index (χ0) is 81.4. The third kappa shape index (κ3) is 147. The molecule has 2 atom stereocenters. The summed E-state index contributed by atoms with van der Waals surface area (Å²) < 4.78 is 10.3. The Morgan fingerprint density at radius 3 is 0.846 bits per heavy atom. The zero-order valence-corrected chi connectivity index (χ0v) is 78.7. The van der Waals surface area contributed by atoms with Gasteiger partial charge in [-0.15, -0.1) is 0 Å². The van der Waals surface area contributed by atoms with Gasteiger partial charge < -0.3 is 74.8 Å². The minimum atomic E-state index is 0.536. The molecule has 2 aliphatic carbocycles. The summed E-state index contributed by atoms with van der Waals surface area (Å²) >= 11 is 0. The van der Waals surface area contributed by atoms with Crippen molar-refractivity contribution in [3.8, 4) is 0 Å². The number of unbranched alkanes of at least 4 members (excludes halogenated alkanes) is 2. The highest BCUT2D eigenvalue weighted by Crippen LogP contribution is 2.23. The van der Waals surface area contributed by atoms with Gasteiger partial charge in [-0.2, -0.15) is 0 Å². The molecule has 0 amide bonds. The van der Waals surface area contributed by atoms with Crippen LogP contribution in [0.4, 0.5) is 0 Å². The number of piperidine rings is 3. The minimum Gasteiger partial charge on any atom is -0.379 e. The fourth-order valence-corrected chi connectivity index (χ4v) is 9.55. The first-order chi connectivity index (χ1) is 49.2. The molecule has 7 aliphatic heterocycles. The second-order valence-corrected chi connectivity index (χ2v) is 33.2. The molecule has 9 rings (SSSR count). The van der Waals surface area contributed by atoms with E-state index >= 15 is 0 Å². The zero-order valence-electron chi connectivity index (χ0n) is 78.7. The molecular weight excluding hydrogens is 1290 g/mol. The molecule has 0 unspecified atom stereocenters. The lowest BCUT2D eigenvalue weighted by atomic mass is 9.91. The van der Waals surface area contributed by atoms with Crippen molar-refractivity contribution in [3.05, 3.63) is 0 Å². The summed E-state index contributed by atoms with van der Waals surface area (Å²) in [6, 6.07) is 1.42. The molecule has 9 fully saturated rings. The number of ether oxygens (including phenoxy) is 2. The van der Waals surface area contributed by atoms with E-state index in [2.05, 4.69) is 254 Å². The van der Waals surface area contributed by atoms with Gasteiger partial charge in [0, 0.05) is 38.3 Å². The smallest absolute Gasteiger partial charge is 0.0989 e. The first-order valence-corrected chi connectivity index (χ1v) is 43.7. The first kappa shape index (κ1) is 122. The lowest BCUT2D eigenvalue weighted by Crippen LogP contribution is -2.32. The molecule has 0 aromatic heterocycles. The van der Waals surface area contributed by atoms with Gasteiger partial charge in [-0.05, 0) is 340 Å². The van der Waals surface area contributed by atoms with Gasteiger partial charge in [-0.3, -0.25) is 4.90 Å². The van der Waals surface area contributed by atoms with Gasteiger partial charge in [0.05, 0.1) is 19.4 Å². The molecule has 0 aromatic carbocycles. The third-order valence-corrected chi connectivity index (χ3v) is 17.3. The second-order valence-electron chi connectivity index (χ2n) is 33.2. The Kier molecular flexibility index (Phi) is 120. The number of hydrogen-bond acceptors (Lipinski definition) is 16. The normalized spacial score (nSPS) is 19.4. The number of hydrogen-bond donors (Lipinski definition) is 4. The molecule has 0 aromatic rings. The van der Waals surface area contributed by atoms with Gasteiger partial charge in [0.15, 0.2) is 0 Å². The van der Waals surface area contributed by atoms with Gasteiger partial charge in [0.1, 0.15) is 0 Å². The number of nitrogens with zero attached hydrogens (tertiary/aromatic N) is 10. The van der Waals surface area contributed by atoms with Crippen molar-refractivity contribution in [1.82, 2.24) is 70.3 Å². The maximum absolute atomic E-state index is 5.28. The summed E-state index contributed by atoms with van der Waals surface area (Å²) in [6.45, 7) is 55.2. The molecule has 4 N–H and O–H groups in total. The van der Waals surface area contributed by atoms with Gasteiger partial charge in [0.2, 0.25) is 0 Å². The number of likely N-dealkylation sites (N-methyl/N-ethyl adjacent to an activating group) is 3. The Labute approximate surface area is 661 Å². The molecule has 104 heavy (non-hydrogen) atoms. The Hall–Kier alpha value is -0.640. The molecule has 0 spiro atoms. The molecule has 7 saturated heterocycles. The van der Waals surface area contributed by atoms with Crippen LogP contribution in [-0.4, -0.2) is 326 Å². The van der Waals surface area contributed by atoms with Crippen molar-refractivity contribution >= 4 is 0 Å². The maximum Gasteiger partial charge on any atom is 0.0989 e. The van der Waals surface area contributed by atoms with Crippen molar-refractivity contribution in [1.29, 1.82) is 0 Å². The van der Waals surface area contributed by atoms with Crippen molar-refractivity contribution < 1.29 is 9.47 Å². The largest absolute Gasteiger partial charge is 0.379 e. The number of nitrogens with one attached hydrogen (secondary N) is 4. The molecule has 642 valence electrons. The standard InChI is InChI=1S/C7H14.C6H16N2.3C6H13N.C6H15N.C6H12O.C6H12.C5H11N.C5H13N.C4H9NO.C4H9N.2C4H11N.C4H10.2C3H9N.C3H8/c1-7-5-3-2-4-6-7;1-7(2)5-6-8(3)4;2*1-7-5-3-2-4-6-7;1-6-4-2-3-5-7-6;1-4-5-6-7(2)3;1-6-4-2-3-5-7-6;2*1-6-4-2-3-5-6;1-3-4-5-6-2;1-5-2-3-6-4-5;1-5-3-2-4-5;1-4-5(2)3;1-4(2)5-3;2*1-4(2)3;1-3-4-2;1-3-2/h7H,2-6H2,1H3;5-6H2,1-4H3;2*2-6H2,1H3;6-7H,2-5H2,1H3;4-6H2,1-3H3;6H,2-5H2,1H3;6H,2-5H2,1H3;2-5H2,1H3;6H,3-5H2,1-2H3;2-4H2,1H3;2-4H2,1H3;4H2,1-3H3;4-5H,1-3H3;4H,1-3H3;1-3H3;4H,3H2,1-2H3;3H2,1-2H3/t;;;;6-;;6-;;;;;;;;;;;/m....0.1.........../s1. The van der Waals surface area contributed by atoms with E-state index in [0.717, 1.165) is 83.0 Å². The number of likely N-dealkylation sites (tertiary alicyclic amines) is 4. The summed E-state index contributed by atoms with van der Waals surface area (Å²) in [5.41, 5.74) is 0. The van der Waals surface area contributed by atoms with Crippen LogP contribution in [0, 0.1) is 17.8 Å². The van der Waals surface area contributed by atoms with Crippen LogP contribution in [0.25, 0.3) is 0 Å². The van der Waals surface area contributed by atoms with Crippen molar-refractivity contribution in [2.24, 2.45) is 17.8 Å². The van der Waals surface area contributed by atoms with Crippen LogP contribution >= 0.6 is 0 Å². The van der Waals surface area contributed by atoms with Gasteiger partial charge in [-0.1, -0.05) is 186 Å². The van der Waals surface area contributed by atoms with E-state index in [1.807, 2.05) is 54.2 Å². The van der Waals surface area contributed by atoms with Crippen LogP contribution in [0.2, 0.25) is 0 Å². The van der Waals surface area contributed by atoms with E-state index in [4.69, 9.17) is 9.47 Å². The minimum absolute atomic E-state index is 0.536. The van der Waals surface area contributed by atoms with Crippen molar-refractivity contribution in [2.45, 2.75) is 308 Å². The first-order valence-electron chi connectivity index (χ1n) is 43.7. The summed E-state index contributed by atoms with van der Waals surface area (Å²) in [6.07, 6.45) is 41.3. The van der Waals surface area contributed by atoms with E-state index in [-0.39, 0.29) is 0 Å². The van der Waals surface area contributed by atoms with Gasteiger partial charge >= 0.3 is 0 Å². The van der Waals surface area contributed by atoms with Crippen LogP contribution in [0.3, 0.4) is 0 Å². The van der Waals surface area contributed by atoms with Crippen LogP contribution in [0.1, 0.15) is 290 Å². The predicted molar refractivity (Wildman–Crippen MR) is 479 cm³/mol. The fourth-order valence-electron chi connectivity index (χ4n) is 9.55. The number of rotatable bonds is 12. The predicted octanol–water partition coefficient (Wildman–Crippen LogP) is 17.8. The molecule has 2 saturated carbocycles. The van der Waals surface area contributed by atoms with Gasteiger partial charge in [0.25, 0.3) is 0 Å². The lowest BCUT2D eigenvalue weighted by molar-refractivity contribution is 0.0285. The van der Waals surface area contributed by atoms with E-state index in [1.54, 1.807) is 0 Å². The molecule has 16 nitrogen and oxygen atoms in total. The van der Waals surface area contributed by atoms with E-state index in [1.165, 1.54) is 252 Å². The quantitative estimate of drug-likeness (QED) is 0.139. The van der Waals surface area contributed by atoms with Crippen molar-refractivity contribution in [3.63, 3.8) is 0 Å². The molecule has 7 heterocycles. The summed E-state index contributed by atoms with van der Waals surface area (Å²) in [5, 5.41) is 12.4. The molecule has 0 bridgehead atoms. The van der Waals surface area contributed by atoms with Crippen LogP contribution in [0.15, 0.2) is 0 Å². The molecule has 16 heteroatoms. The fraction of sp³-hybridized carbons (Fsp3) is 1.00. The summed E-state index contributed by atoms with van der Waals surface area (Å²) in [7, 11) is 39.3. The highest BCUT2D eigenvalue weighted by molar-refractivity contribution is 4.67. The highest BCUT2D eigenvalue weighted by Gasteiger charge is 2.10. The Balaban J connectivity index is -0.000000132. The SMILES string of the molecule is CC(C)C.CC1CCCC1.CC1CCCCC1.CCC.CCCCN(C)C.CCCCNC.CCN(C)C.CCNC.CN(C)C.CN(C)CCN(C)C.CN1CCC1.CN1CCCC1.CN1CCCCC1.CN1CCCCC1.CN1CCOC1.CNC(C)C.C[C@@H]1CCCCO1.C[C@H]1CCCCN1. The maximum atomic E-state index is 5.28. The van der Waals surface area contributed by atoms with Gasteiger partial charge in [-0.25, -0.2) is 0 Å². The van der Waals surface area contributed by atoms with Crippen LogP contribution in [-0.2, 0) is 9.47 Å². The molecule has 9 aliphatic rings. The second kappa shape index (κ2) is 102. The highest BCUT2D eigenvalue weighted by atomic mass is 16.5. The lowest BCUT2D eigenvalue weighted by Gasteiger charge is -2.24. The monoisotopic (exact) mass is 1490 g/mol. The average Bonchev–Trinajstić information content (AvgIpc) is 1.88. The Morgan fingerprint density at radius 2 is 0.731 bits per heavy atom. The average molecular weight is 1490 g/mol.